The number of anilines is 2. The Balaban J connectivity index is 1.87. The Morgan fingerprint density at radius 3 is 2.68 bits per heavy atom. The Morgan fingerprint density at radius 1 is 1.30 bits per heavy atom. The van der Waals surface area contributed by atoms with Gasteiger partial charge in [-0.3, -0.25) is 14.1 Å². The molecule has 3 aromatic rings. The molecule has 0 spiro atoms. The second-order valence-electron chi connectivity index (χ2n) is 8.33. The van der Waals surface area contributed by atoms with E-state index in [1.807, 2.05) is 12.3 Å². The SMILES string of the molecule is COC(C)CCn1nc(-c2ccsc2)c(O)c(C2=NP(=O)(OC)c3cc(NS(C)(=O)=O)ccc3N2)c1=O. The van der Waals surface area contributed by atoms with E-state index >= 15 is 0 Å². The topological polar surface area (TPSA) is 161 Å². The minimum atomic E-state index is -3.97. The standard InChI is InChI=1S/C22H26N5O7PS2/c1-13(33-2)7-9-27-22(29)18(20(28)19(24-27)14-8-10-36-12-14)21-23-16-6-5-15(26-37(4,31)32)11-17(16)35(30,25-21)34-3/h5-6,8,10-13,26,28H,7,9H2,1-4H3,(H,23,25,30). The van der Waals surface area contributed by atoms with E-state index in [-0.39, 0.29) is 46.4 Å². The molecule has 0 fully saturated rings. The predicted molar refractivity (Wildman–Crippen MR) is 144 cm³/mol. The number of hydrogen-bond donors (Lipinski definition) is 3. The summed E-state index contributed by atoms with van der Waals surface area (Å²) in [5.41, 5.74) is 0.341. The molecule has 2 unspecified atom stereocenters. The number of benzene rings is 1. The van der Waals surface area contributed by atoms with Gasteiger partial charge >= 0.3 is 7.52 Å². The molecule has 3 heterocycles. The summed E-state index contributed by atoms with van der Waals surface area (Å²) in [5.74, 6) is -0.580. The number of fused-ring (bicyclic) bond motifs is 1. The highest BCUT2D eigenvalue weighted by atomic mass is 32.2. The number of hydrogen-bond acceptors (Lipinski definition) is 10. The van der Waals surface area contributed by atoms with Gasteiger partial charge in [0.2, 0.25) is 10.0 Å². The predicted octanol–water partition coefficient (Wildman–Crippen LogP) is 2.81. The molecular formula is C22H26N5O7PS2. The number of aryl methyl sites for hydroxylation is 1. The highest BCUT2D eigenvalue weighted by Gasteiger charge is 2.36. The monoisotopic (exact) mass is 567 g/mol. The average molecular weight is 568 g/mol. The molecule has 0 radical (unpaired) electrons. The zero-order chi connectivity index (χ0) is 27.0. The highest BCUT2D eigenvalue weighted by Crippen LogP contribution is 2.52. The van der Waals surface area contributed by atoms with Crippen molar-refractivity contribution in [2.75, 3.05) is 30.5 Å². The largest absolute Gasteiger partial charge is 0.505 e. The van der Waals surface area contributed by atoms with E-state index in [1.54, 1.807) is 18.6 Å². The van der Waals surface area contributed by atoms with E-state index in [2.05, 4.69) is 19.9 Å². The van der Waals surface area contributed by atoms with Crippen LogP contribution in [-0.4, -0.2) is 55.7 Å². The number of methoxy groups -OCH3 is 1. The molecule has 37 heavy (non-hydrogen) atoms. The van der Waals surface area contributed by atoms with E-state index in [0.717, 1.165) is 6.26 Å². The van der Waals surface area contributed by atoms with Crippen molar-refractivity contribution in [1.82, 2.24) is 9.78 Å². The van der Waals surface area contributed by atoms with Gasteiger partial charge in [0, 0.05) is 37.4 Å². The summed E-state index contributed by atoms with van der Waals surface area (Å²) in [5, 5.41) is 22.2. The molecule has 1 aliphatic rings. The third-order valence-electron chi connectivity index (χ3n) is 5.65. The number of ether oxygens (including phenoxy) is 1. The van der Waals surface area contributed by atoms with Gasteiger partial charge in [0.1, 0.15) is 11.3 Å². The molecule has 0 saturated carbocycles. The quantitative estimate of drug-likeness (QED) is 0.330. The summed E-state index contributed by atoms with van der Waals surface area (Å²) < 4.78 is 55.4. The van der Waals surface area contributed by atoms with Gasteiger partial charge in [-0.25, -0.2) is 13.1 Å². The van der Waals surface area contributed by atoms with Crippen LogP contribution in [0.1, 0.15) is 18.9 Å². The molecule has 12 nitrogen and oxygen atoms in total. The fraction of sp³-hybridized carbons (Fsp3) is 0.318. The van der Waals surface area contributed by atoms with Crippen LogP contribution >= 0.6 is 18.9 Å². The summed E-state index contributed by atoms with van der Waals surface area (Å²) >= 11 is 1.40. The first-order chi connectivity index (χ1) is 17.5. The normalized spacial score (nSPS) is 18.0. The lowest BCUT2D eigenvalue weighted by molar-refractivity contribution is 0.105. The summed E-state index contributed by atoms with van der Waals surface area (Å²) in [6.07, 6.45) is 1.33. The first-order valence-corrected chi connectivity index (χ1v) is 15.4. The van der Waals surface area contributed by atoms with Crippen molar-refractivity contribution in [2.24, 2.45) is 4.76 Å². The van der Waals surface area contributed by atoms with Gasteiger partial charge < -0.3 is 19.7 Å². The Hall–Kier alpha value is -3.03. The number of nitrogens with zero attached hydrogens (tertiary/aromatic N) is 3. The molecular weight excluding hydrogens is 541 g/mol. The molecule has 0 amide bonds. The van der Waals surface area contributed by atoms with Crippen LogP contribution in [0.2, 0.25) is 0 Å². The first-order valence-electron chi connectivity index (χ1n) is 11.0. The lowest BCUT2D eigenvalue weighted by atomic mass is 10.1. The van der Waals surface area contributed by atoms with Crippen molar-refractivity contribution in [3.63, 3.8) is 0 Å². The van der Waals surface area contributed by atoms with Gasteiger partial charge in [0.15, 0.2) is 11.6 Å². The summed E-state index contributed by atoms with van der Waals surface area (Å²) in [6, 6.07) is 6.05. The van der Waals surface area contributed by atoms with E-state index in [1.165, 1.54) is 41.3 Å². The minimum absolute atomic E-state index is 0.105. The van der Waals surface area contributed by atoms with Gasteiger partial charge in [-0.1, -0.05) is 0 Å². The van der Waals surface area contributed by atoms with Gasteiger partial charge in [-0.05, 0) is 43.0 Å². The fourth-order valence-electron chi connectivity index (χ4n) is 3.68. The third-order valence-corrected chi connectivity index (χ3v) is 8.88. The van der Waals surface area contributed by atoms with Crippen LogP contribution in [0.4, 0.5) is 11.4 Å². The van der Waals surface area contributed by atoms with Crippen LogP contribution in [0.15, 0.2) is 44.6 Å². The maximum absolute atomic E-state index is 13.8. The van der Waals surface area contributed by atoms with Crippen molar-refractivity contribution < 1.29 is 27.3 Å². The molecule has 198 valence electrons. The number of nitrogens with one attached hydrogen (secondary N) is 2. The van der Waals surface area contributed by atoms with Crippen LogP contribution < -0.4 is 20.9 Å². The molecule has 2 aromatic heterocycles. The number of aromatic hydroxyl groups is 1. The molecule has 3 N–H and O–H groups in total. The molecule has 1 aromatic carbocycles. The Kier molecular flexibility index (Phi) is 7.58. The number of aromatic nitrogens is 2. The Morgan fingerprint density at radius 2 is 2.05 bits per heavy atom. The van der Waals surface area contributed by atoms with E-state index < -0.39 is 28.9 Å². The van der Waals surface area contributed by atoms with E-state index in [0.29, 0.717) is 12.0 Å². The Bertz CT molecular complexity index is 1570. The molecule has 2 atom stereocenters. The van der Waals surface area contributed by atoms with Crippen LogP contribution in [0, 0.1) is 0 Å². The third kappa shape index (κ3) is 5.63. The second kappa shape index (κ2) is 10.4. The number of rotatable bonds is 9. The van der Waals surface area contributed by atoms with Gasteiger partial charge in [-0.15, -0.1) is 0 Å². The first kappa shape index (κ1) is 27.0. The molecule has 15 heteroatoms. The molecule has 1 aliphatic heterocycles. The maximum Gasteiger partial charge on any atom is 0.348 e. The lowest BCUT2D eigenvalue weighted by Gasteiger charge is -2.25. The van der Waals surface area contributed by atoms with E-state index in [9.17, 15) is 22.9 Å². The fourth-order valence-corrected chi connectivity index (χ4v) is 6.41. The highest BCUT2D eigenvalue weighted by molar-refractivity contribution is 7.92. The summed E-state index contributed by atoms with van der Waals surface area (Å²) in [6.45, 7) is 2.06. The van der Waals surface area contributed by atoms with Crippen LogP contribution in [0.3, 0.4) is 0 Å². The van der Waals surface area contributed by atoms with Crippen molar-refractivity contribution in [2.45, 2.75) is 26.0 Å². The zero-order valence-corrected chi connectivity index (χ0v) is 23.0. The molecule has 0 aliphatic carbocycles. The second-order valence-corrected chi connectivity index (χ2v) is 12.9. The van der Waals surface area contributed by atoms with Crippen LogP contribution in [-0.2, 0) is 30.4 Å². The maximum atomic E-state index is 13.8. The minimum Gasteiger partial charge on any atom is -0.505 e. The molecule has 0 saturated heterocycles. The van der Waals surface area contributed by atoms with Gasteiger partial charge in [-0.2, -0.15) is 21.2 Å². The number of thiophene rings is 1. The van der Waals surface area contributed by atoms with Gasteiger partial charge in [0.05, 0.1) is 23.4 Å². The Labute approximate surface area is 217 Å². The van der Waals surface area contributed by atoms with Crippen LogP contribution in [0.25, 0.3) is 11.3 Å². The van der Waals surface area contributed by atoms with Crippen molar-refractivity contribution in [1.29, 1.82) is 0 Å². The van der Waals surface area contributed by atoms with Gasteiger partial charge in [0.25, 0.3) is 5.56 Å². The number of sulfonamides is 1. The lowest BCUT2D eigenvalue weighted by Crippen LogP contribution is -2.35. The molecule has 4 rings (SSSR count). The van der Waals surface area contributed by atoms with Crippen LogP contribution in [0.5, 0.6) is 5.75 Å². The smallest absolute Gasteiger partial charge is 0.348 e. The van der Waals surface area contributed by atoms with Crippen molar-refractivity contribution >= 4 is 51.4 Å². The van der Waals surface area contributed by atoms with Crippen molar-refractivity contribution in [3.8, 4) is 17.0 Å². The zero-order valence-electron chi connectivity index (χ0n) is 20.5. The number of amidine groups is 1. The van der Waals surface area contributed by atoms with Crippen molar-refractivity contribution in [3.05, 3.63) is 50.9 Å². The summed E-state index contributed by atoms with van der Waals surface area (Å²) in [4.78, 5) is 13.5. The molecule has 0 bridgehead atoms. The average Bonchev–Trinajstić information content (AvgIpc) is 3.37. The van der Waals surface area contributed by atoms with E-state index in [4.69, 9.17) is 9.26 Å². The summed E-state index contributed by atoms with van der Waals surface area (Å²) in [7, 11) is -4.80.